The molecule has 2 aromatic carbocycles. The minimum atomic E-state index is 0.0601. The minimum Gasteiger partial charge on any atom is -0.496 e. The van der Waals surface area contributed by atoms with Gasteiger partial charge in [-0.2, -0.15) is 0 Å². The predicted octanol–water partition coefficient (Wildman–Crippen LogP) is 4.07. The molecule has 0 heterocycles. The Morgan fingerprint density at radius 1 is 1.10 bits per heavy atom. The summed E-state index contributed by atoms with van der Waals surface area (Å²) in [6, 6.07) is 16.0. The van der Waals surface area contributed by atoms with Gasteiger partial charge in [-0.15, -0.1) is 0 Å². The summed E-state index contributed by atoms with van der Waals surface area (Å²) in [6.45, 7) is 0. The summed E-state index contributed by atoms with van der Waals surface area (Å²) in [5.41, 5.74) is 3.23. The van der Waals surface area contributed by atoms with Crippen molar-refractivity contribution in [3.05, 3.63) is 65.2 Å². The quantitative estimate of drug-likeness (QED) is 0.792. The zero-order valence-corrected chi connectivity index (χ0v) is 12.3. The maximum Gasteiger partial charge on any atom is 0.166 e. The van der Waals surface area contributed by atoms with Crippen LogP contribution in [0.4, 0.5) is 0 Å². The maximum atomic E-state index is 12.8. The highest BCUT2D eigenvalue weighted by atomic mass is 16.5. The Bertz CT molecular complexity index is 646. The second kappa shape index (κ2) is 6.13. The molecular formula is C19H20O2. The SMILES string of the molecule is COc1ccccc1CC1CCCc2ccccc2C1=O. The Labute approximate surface area is 125 Å². The third kappa shape index (κ3) is 2.85. The standard InChI is InChI=1S/C19H20O2/c1-21-18-12-5-3-8-15(18)13-16-10-6-9-14-7-2-4-11-17(14)19(16)20/h2-5,7-8,11-12,16H,6,9-10,13H2,1H3. The Morgan fingerprint density at radius 2 is 1.86 bits per heavy atom. The first-order chi connectivity index (χ1) is 10.3. The van der Waals surface area contributed by atoms with Gasteiger partial charge in [-0.3, -0.25) is 4.79 Å². The summed E-state index contributed by atoms with van der Waals surface area (Å²) in [6.07, 6.45) is 3.79. The normalized spacial score (nSPS) is 18.0. The molecule has 0 saturated heterocycles. The number of aryl methyl sites for hydroxylation is 1. The molecule has 2 heteroatoms. The lowest BCUT2D eigenvalue weighted by atomic mass is 9.89. The molecule has 0 N–H and O–H groups in total. The van der Waals surface area contributed by atoms with Crippen LogP contribution in [0.5, 0.6) is 5.75 Å². The number of ketones is 1. The summed E-state index contributed by atoms with van der Waals surface area (Å²) in [5.74, 6) is 1.22. The summed E-state index contributed by atoms with van der Waals surface area (Å²) in [5, 5.41) is 0. The van der Waals surface area contributed by atoms with E-state index in [0.29, 0.717) is 0 Å². The van der Waals surface area contributed by atoms with Crippen LogP contribution in [0.15, 0.2) is 48.5 Å². The fraction of sp³-hybridized carbons (Fsp3) is 0.316. The first-order valence-corrected chi connectivity index (χ1v) is 7.53. The minimum absolute atomic E-state index is 0.0601. The Hall–Kier alpha value is -2.09. The topological polar surface area (TPSA) is 26.3 Å². The monoisotopic (exact) mass is 280 g/mol. The van der Waals surface area contributed by atoms with Crippen LogP contribution in [-0.2, 0) is 12.8 Å². The molecule has 108 valence electrons. The molecular weight excluding hydrogens is 260 g/mol. The number of fused-ring (bicyclic) bond motifs is 1. The predicted molar refractivity (Wildman–Crippen MR) is 83.9 cm³/mol. The van der Waals surface area contributed by atoms with E-state index in [-0.39, 0.29) is 11.7 Å². The number of rotatable bonds is 3. The van der Waals surface area contributed by atoms with E-state index in [4.69, 9.17) is 4.74 Å². The Morgan fingerprint density at radius 3 is 2.71 bits per heavy atom. The van der Waals surface area contributed by atoms with Crippen molar-refractivity contribution >= 4 is 5.78 Å². The molecule has 1 atom stereocenters. The van der Waals surface area contributed by atoms with Gasteiger partial charge in [0, 0.05) is 11.5 Å². The molecule has 21 heavy (non-hydrogen) atoms. The number of hydrogen-bond donors (Lipinski definition) is 0. The molecule has 0 saturated carbocycles. The van der Waals surface area contributed by atoms with Gasteiger partial charge in [0.05, 0.1) is 7.11 Å². The lowest BCUT2D eigenvalue weighted by molar-refractivity contribution is 0.0915. The lowest BCUT2D eigenvalue weighted by Gasteiger charge is -2.15. The molecule has 2 nitrogen and oxygen atoms in total. The number of carbonyl (C=O) groups is 1. The molecule has 3 rings (SSSR count). The average Bonchev–Trinajstić information content (AvgIpc) is 2.68. The number of ether oxygens (including phenoxy) is 1. The highest BCUT2D eigenvalue weighted by molar-refractivity contribution is 5.99. The third-order valence-electron chi connectivity index (χ3n) is 4.31. The van der Waals surface area contributed by atoms with E-state index < -0.39 is 0 Å². The van der Waals surface area contributed by atoms with Crippen molar-refractivity contribution in [2.45, 2.75) is 25.7 Å². The molecule has 0 aliphatic heterocycles. The molecule has 1 aliphatic rings. The van der Waals surface area contributed by atoms with Crippen LogP contribution >= 0.6 is 0 Å². The van der Waals surface area contributed by atoms with E-state index in [2.05, 4.69) is 12.1 Å². The van der Waals surface area contributed by atoms with Crippen molar-refractivity contribution in [1.82, 2.24) is 0 Å². The zero-order valence-electron chi connectivity index (χ0n) is 12.3. The van der Waals surface area contributed by atoms with Crippen LogP contribution in [0.2, 0.25) is 0 Å². The molecule has 1 aliphatic carbocycles. The van der Waals surface area contributed by atoms with Gasteiger partial charge in [0.25, 0.3) is 0 Å². The van der Waals surface area contributed by atoms with Crippen LogP contribution in [0.1, 0.15) is 34.3 Å². The van der Waals surface area contributed by atoms with Crippen molar-refractivity contribution in [1.29, 1.82) is 0 Å². The molecule has 0 amide bonds. The number of Topliss-reactive ketones (excluding diaryl/α,β-unsaturated/α-hetero) is 1. The van der Waals surface area contributed by atoms with Gasteiger partial charge in [-0.1, -0.05) is 42.5 Å². The molecule has 0 aromatic heterocycles. The highest BCUT2D eigenvalue weighted by Gasteiger charge is 2.26. The van der Waals surface area contributed by atoms with Crippen molar-refractivity contribution in [2.24, 2.45) is 5.92 Å². The van der Waals surface area contributed by atoms with Crippen molar-refractivity contribution in [3.63, 3.8) is 0 Å². The summed E-state index contributed by atoms with van der Waals surface area (Å²) < 4.78 is 5.41. The number of benzene rings is 2. The molecule has 0 spiro atoms. The fourth-order valence-corrected chi connectivity index (χ4v) is 3.20. The number of hydrogen-bond acceptors (Lipinski definition) is 2. The molecule has 0 radical (unpaired) electrons. The van der Waals surface area contributed by atoms with Crippen LogP contribution in [-0.4, -0.2) is 12.9 Å². The zero-order chi connectivity index (χ0) is 14.7. The van der Waals surface area contributed by atoms with Gasteiger partial charge in [0.15, 0.2) is 5.78 Å². The van der Waals surface area contributed by atoms with Crippen LogP contribution in [0, 0.1) is 5.92 Å². The smallest absolute Gasteiger partial charge is 0.166 e. The van der Waals surface area contributed by atoms with Crippen LogP contribution in [0.25, 0.3) is 0 Å². The average molecular weight is 280 g/mol. The van der Waals surface area contributed by atoms with Crippen molar-refractivity contribution < 1.29 is 9.53 Å². The Balaban J connectivity index is 1.88. The van der Waals surface area contributed by atoms with Crippen molar-refractivity contribution in [2.75, 3.05) is 7.11 Å². The van der Waals surface area contributed by atoms with Gasteiger partial charge in [-0.25, -0.2) is 0 Å². The second-order valence-corrected chi connectivity index (χ2v) is 5.63. The number of carbonyl (C=O) groups excluding carboxylic acids is 1. The third-order valence-corrected chi connectivity index (χ3v) is 4.31. The van der Waals surface area contributed by atoms with E-state index in [1.54, 1.807) is 7.11 Å². The first kappa shape index (κ1) is 13.9. The van der Waals surface area contributed by atoms with E-state index in [0.717, 1.165) is 42.6 Å². The lowest BCUT2D eigenvalue weighted by Crippen LogP contribution is -2.17. The Kier molecular flexibility index (Phi) is 4.05. The van der Waals surface area contributed by atoms with Gasteiger partial charge in [0.1, 0.15) is 5.75 Å². The van der Waals surface area contributed by atoms with E-state index >= 15 is 0 Å². The maximum absolute atomic E-state index is 12.8. The molecule has 0 fully saturated rings. The van der Waals surface area contributed by atoms with Gasteiger partial charge < -0.3 is 4.74 Å². The number of para-hydroxylation sites is 1. The van der Waals surface area contributed by atoms with E-state index in [9.17, 15) is 4.79 Å². The van der Waals surface area contributed by atoms with Gasteiger partial charge >= 0.3 is 0 Å². The largest absolute Gasteiger partial charge is 0.496 e. The number of methoxy groups -OCH3 is 1. The summed E-state index contributed by atoms with van der Waals surface area (Å²) >= 11 is 0. The summed E-state index contributed by atoms with van der Waals surface area (Å²) in [4.78, 5) is 12.8. The fourth-order valence-electron chi connectivity index (χ4n) is 3.20. The van der Waals surface area contributed by atoms with Crippen LogP contribution in [0.3, 0.4) is 0 Å². The highest BCUT2D eigenvalue weighted by Crippen LogP contribution is 2.29. The van der Waals surface area contributed by atoms with Gasteiger partial charge in [0.2, 0.25) is 0 Å². The molecule has 2 aromatic rings. The molecule has 0 bridgehead atoms. The summed E-state index contributed by atoms with van der Waals surface area (Å²) in [7, 11) is 1.68. The molecule has 1 unspecified atom stereocenters. The van der Waals surface area contributed by atoms with Gasteiger partial charge in [-0.05, 0) is 42.9 Å². The van der Waals surface area contributed by atoms with E-state index in [1.807, 2.05) is 36.4 Å². The van der Waals surface area contributed by atoms with Crippen LogP contribution < -0.4 is 4.74 Å². The van der Waals surface area contributed by atoms with Crippen molar-refractivity contribution in [3.8, 4) is 5.75 Å². The van der Waals surface area contributed by atoms with E-state index in [1.165, 1.54) is 5.56 Å². The first-order valence-electron chi connectivity index (χ1n) is 7.53. The second-order valence-electron chi connectivity index (χ2n) is 5.63.